The van der Waals surface area contributed by atoms with E-state index in [1.54, 1.807) is 18.3 Å². The van der Waals surface area contributed by atoms with Crippen molar-refractivity contribution in [2.75, 3.05) is 5.32 Å². The molecule has 0 spiro atoms. The van der Waals surface area contributed by atoms with Gasteiger partial charge in [-0.1, -0.05) is 0 Å². The summed E-state index contributed by atoms with van der Waals surface area (Å²) in [4.78, 5) is 26.2. The second-order valence-corrected chi connectivity index (χ2v) is 4.16. The van der Waals surface area contributed by atoms with Crippen molar-refractivity contribution in [2.45, 2.75) is 20.3 Å². The van der Waals surface area contributed by atoms with Crippen molar-refractivity contribution in [1.82, 2.24) is 4.98 Å². The Morgan fingerprint density at radius 3 is 2.69 bits per heavy atom. The third kappa shape index (κ3) is 3.34. The standard InChI is InChI=1S/C11H14N2O3/c1-11(2,10(15)16)6-9(14)13-8-4-3-5-12-7-8/h3-5,7H,6H2,1-2H3,(H,13,14)(H,15,16). The second kappa shape index (κ2) is 4.74. The van der Waals surface area contributed by atoms with E-state index in [1.165, 1.54) is 20.0 Å². The fraction of sp³-hybridized carbons (Fsp3) is 0.364. The Kier molecular flexibility index (Phi) is 3.60. The molecule has 0 bridgehead atoms. The van der Waals surface area contributed by atoms with Crippen LogP contribution in [0.4, 0.5) is 5.69 Å². The number of anilines is 1. The zero-order valence-corrected chi connectivity index (χ0v) is 9.23. The van der Waals surface area contributed by atoms with Crippen molar-refractivity contribution < 1.29 is 14.7 Å². The van der Waals surface area contributed by atoms with Crippen LogP contribution >= 0.6 is 0 Å². The number of nitrogens with zero attached hydrogens (tertiary/aromatic N) is 1. The molecule has 0 unspecified atom stereocenters. The molecule has 0 saturated carbocycles. The summed E-state index contributed by atoms with van der Waals surface area (Å²) >= 11 is 0. The number of carbonyl (C=O) groups is 2. The molecule has 0 aliphatic heterocycles. The largest absolute Gasteiger partial charge is 0.481 e. The molecule has 0 saturated heterocycles. The number of hydrogen-bond donors (Lipinski definition) is 2. The summed E-state index contributed by atoms with van der Waals surface area (Å²) in [5.74, 6) is -1.32. The van der Waals surface area contributed by atoms with Gasteiger partial charge in [0.1, 0.15) is 0 Å². The number of amides is 1. The maximum atomic E-state index is 11.5. The third-order valence-electron chi connectivity index (χ3n) is 2.13. The average Bonchev–Trinajstić information content (AvgIpc) is 2.17. The molecule has 0 atom stereocenters. The van der Waals surface area contributed by atoms with Crippen LogP contribution in [0.1, 0.15) is 20.3 Å². The molecule has 0 aliphatic carbocycles. The molecule has 1 rings (SSSR count). The first kappa shape index (κ1) is 12.2. The first-order valence-corrected chi connectivity index (χ1v) is 4.85. The van der Waals surface area contributed by atoms with E-state index in [4.69, 9.17) is 5.11 Å². The fourth-order valence-corrected chi connectivity index (χ4v) is 1.12. The molecular weight excluding hydrogens is 208 g/mol. The van der Waals surface area contributed by atoms with Gasteiger partial charge in [-0.2, -0.15) is 0 Å². The summed E-state index contributed by atoms with van der Waals surface area (Å²) in [7, 11) is 0. The maximum absolute atomic E-state index is 11.5. The summed E-state index contributed by atoms with van der Waals surface area (Å²) in [5, 5.41) is 11.5. The van der Waals surface area contributed by atoms with E-state index in [1.807, 2.05) is 0 Å². The van der Waals surface area contributed by atoms with E-state index in [9.17, 15) is 9.59 Å². The molecule has 1 aromatic rings. The number of aromatic nitrogens is 1. The van der Waals surface area contributed by atoms with Crippen LogP contribution in [-0.4, -0.2) is 22.0 Å². The van der Waals surface area contributed by atoms with Crippen molar-refractivity contribution in [1.29, 1.82) is 0 Å². The maximum Gasteiger partial charge on any atom is 0.309 e. The van der Waals surface area contributed by atoms with E-state index in [0.717, 1.165) is 0 Å². The van der Waals surface area contributed by atoms with Gasteiger partial charge in [-0.3, -0.25) is 14.6 Å². The Bertz CT molecular complexity index is 387. The topological polar surface area (TPSA) is 79.3 Å². The number of carboxylic acid groups (broad SMARTS) is 1. The fourth-order valence-electron chi connectivity index (χ4n) is 1.12. The predicted octanol–water partition coefficient (Wildman–Crippen LogP) is 1.52. The smallest absolute Gasteiger partial charge is 0.309 e. The van der Waals surface area contributed by atoms with E-state index >= 15 is 0 Å². The molecule has 1 amide bonds. The third-order valence-corrected chi connectivity index (χ3v) is 2.13. The minimum absolute atomic E-state index is 0.0722. The van der Waals surface area contributed by atoms with Crippen molar-refractivity contribution in [3.63, 3.8) is 0 Å². The number of carbonyl (C=O) groups excluding carboxylic acids is 1. The van der Waals surface area contributed by atoms with Gasteiger partial charge in [0.05, 0.1) is 17.3 Å². The summed E-state index contributed by atoms with van der Waals surface area (Å²) in [6.45, 7) is 3.02. The second-order valence-electron chi connectivity index (χ2n) is 4.16. The number of aliphatic carboxylic acids is 1. The lowest BCUT2D eigenvalue weighted by Crippen LogP contribution is -2.29. The molecule has 1 heterocycles. The highest BCUT2D eigenvalue weighted by molar-refractivity contribution is 5.93. The first-order valence-electron chi connectivity index (χ1n) is 4.85. The minimum Gasteiger partial charge on any atom is -0.481 e. The Balaban J connectivity index is 2.58. The van der Waals surface area contributed by atoms with Crippen molar-refractivity contribution in [2.24, 2.45) is 5.41 Å². The van der Waals surface area contributed by atoms with E-state index < -0.39 is 11.4 Å². The van der Waals surface area contributed by atoms with Crippen LogP contribution in [0.3, 0.4) is 0 Å². The molecular formula is C11H14N2O3. The number of hydrogen-bond acceptors (Lipinski definition) is 3. The molecule has 0 radical (unpaired) electrons. The van der Waals surface area contributed by atoms with Gasteiger partial charge in [-0.25, -0.2) is 0 Å². The highest BCUT2D eigenvalue weighted by atomic mass is 16.4. The zero-order valence-electron chi connectivity index (χ0n) is 9.23. The van der Waals surface area contributed by atoms with Gasteiger partial charge in [0, 0.05) is 12.6 Å². The number of rotatable bonds is 4. The van der Waals surface area contributed by atoms with Crippen LogP contribution in [0.2, 0.25) is 0 Å². The molecule has 0 aromatic carbocycles. The molecule has 86 valence electrons. The van der Waals surface area contributed by atoms with Gasteiger partial charge in [-0.15, -0.1) is 0 Å². The Morgan fingerprint density at radius 2 is 2.19 bits per heavy atom. The van der Waals surface area contributed by atoms with Gasteiger partial charge in [-0.05, 0) is 26.0 Å². The molecule has 1 aromatic heterocycles. The summed E-state index contributed by atoms with van der Waals surface area (Å²) in [6, 6.07) is 3.39. The van der Waals surface area contributed by atoms with Gasteiger partial charge in [0.2, 0.25) is 5.91 Å². The van der Waals surface area contributed by atoms with Gasteiger partial charge < -0.3 is 10.4 Å². The molecule has 0 aliphatic rings. The molecule has 5 nitrogen and oxygen atoms in total. The van der Waals surface area contributed by atoms with E-state index in [-0.39, 0.29) is 12.3 Å². The van der Waals surface area contributed by atoms with Crippen LogP contribution in [-0.2, 0) is 9.59 Å². The number of nitrogens with one attached hydrogen (secondary N) is 1. The zero-order chi connectivity index (χ0) is 12.2. The number of carboxylic acids is 1. The molecule has 2 N–H and O–H groups in total. The van der Waals surface area contributed by atoms with Crippen LogP contribution in [0.15, 0.2) is 24.5 Å². The van der Waals surface area contributed by atoms with Crippen LogP contribution in [0.25, 0.3) is 0 Å². The predicted molar refractivity (Wildman–Crippen MR) is 58.9 cm³/mol. The summed E-state index contributed by atoms with van der Waals surface area (Å²) in [6.07, 6.45) is 3.03. The highest BCUT2D eigenvalue weighted by Crippen LogP contribution is 2.21. The van der Waals surface area contributed by atoms with Crippen molar-refractivity contribution in [3.05, 3.63) is 24.5 Å². The van der Waals surface area contributed by atoms with Crippen molar-refractivity contribution >= 4 is 17.6 Å². The van der Waals surface area contributed by atoms with Gasteiger partial charge >= 0.3 is 5.97 Å². The minimum atomic E-state index is -1.06. The summed E-state index contributed by atoms with van der Waals surface area (Å²) < 4.78 is 0. The SMILES string of the molecule is CC(C)(CC(=O)Nc1cccnc1)C(=O)O. The lowest BCUT2D eigenvalue weighted by Gasteiger charge is -2.17. The quantitative estimate of drug-likeness (QED) is 0.809. The lowest BCUT2D eigenvalue weighted by molar-refractivity contribution is -0.148. The van der Waals surface area contributed by atoms with Crippen LogP contribution < -0.4 is 5.32 Å². The Hall–Kier alpha value is -1.91. The van der Waals surface area contributed by atoms with Crippen molar-refractivity contribution in [3.8, 4) is 0 Å². The highest BCUT2D eigenvalue weighted by Gasteiger charge is 2.30. The summed E-state index contributed by atoms with van der Waals surface area (Å²) in [5.41, 5.74) is -0.500. The van der Waals surface area contributed by atoms with E-state index in [0.29, 0.717) is 5.69 Å². The van der Waals surface area contributed by atoms with Gasteiger partial charge in [0.15, 0.2) is 0 Å². The van der Waals surface area contributed by atoms with Crippen LogP contribution in [0.5, 0.6) is 0 Å². The number of pyridine rings is 1. The average molecular weight is 222 g/mol. The monoisotopic (exact) mass is 222 g/mol. The van der Waals surface area contributed by atoms with Crippen LogP contribution in [0, 0.1) is 5.41 Å². The normalized spacial score (nSPS) is 10.9. The molecule has 0 fully saturated rings. The van der Waals surface area contributed by atoms with Gasteiger partial charge in [0.25, 0.3) is 0 Å². The van der Waals surface area contributed by atoms with E-state index in [2.05, 4.69) is 10.3 Å². The Labute approximate surface area is 93.5 Å². The molecule has 16 heavy (non-hydrogen) atoms. The first-order chi connectivity index (χ1) is 7.42. The Morgan fingerprint density at radius 1 is 1.50 bits per heavy atom. The lowest BCUT2D eigenvalue weighted by atomic mass is 9.89. The molecule has 5 heteroatoms.